The van der Waals surface area contributed by atoms with Crippen molar-refractivity contribution in [3.63, 3.8) is 0 Å². The molecular formula is C123H89BrN4O2. The molecule has 0 radical (unpaired) electrons. The van der Waals surface area contributed by atoms with Crippen molar-refractivity contribution >= 4 is 153 Å². The van der Waals surface area contributed by atoms with E-state index in [0.717, 1.165) is 105 Å². The van der Waals surface area contributed by atoms with E-state index < -0.39 is 0 Å². The highest BCUT2D eigenvalue weighted by Crippen LogP contribution is 2.54. The molecule has 130 heavy (non-hydrogen) atoms. The number of para-hydroxylation sites is 5. The lowest BCUT2D eigenvalue weighted by molar-refractivity contribution is 0.660. The Hall–Kier alpha value is -15.8. The van der Waals surface area contributed by atoms with Crippen LogP contribution in [0.15, 0.2) is 450 Å². The topological polar surface area (TPSA) is 51.4 Å². The van der Waals surface area contributed by atoms with Crippen molar-refractivity contribution in [3.05, 3.63) is 464 Å². The van der Waals surface area contributed by atoms with Crippen molar-refractivity contribution in [1.29, 1.82) is 0 Å². The van der Waals surface area contributed by atoms with Gasteiger partial charge in [-0.3, -0.25) is 0 Å². The van der Waals surface area contributed by atoms with Crippen LogP contribution in [0.4, 0.5) is 28.4 Å². The second-order valence-electron chi connectivity index (χ2n) is 35.3. The second-order valence-corrected chi connectivity index (χ2v) is 36.1. The maximum absolute atomic E-state index is 6.35. The van der Waals surface area contributed by atoms with E-state index in [1.807, 2.05) is 30.3 Å². The third kappa shape index (κ3) is 13.4. The first-order chi connectivity index (χ1) is 63.3. The molecule has 0 bridgehead atoms. The Kier molecular flexibility index (Phi) is 19.2. The SMILES string of the molecule is Brc1ccccc1-c1cccc(-c2ccc3c(c2)c2ccccc2n3-c2ccc3c(c2)oc2ccccc23)c1.C.CC1(C)c2ccccc2-c2cc(N(c3ccc4ccccc4c3)c3ccccc3-c3cccc(-c4ccc5c(c4)c4ccccc4n5-c4ccc5c(c4)oc4ccccc45)c3)ccc21.CC1(C)c2ccccc2-c2cc(Nc3ccc4ccccc4c3)ccc21. The molecule has 0 unspecified atom stereocenters. The molecule has 7 heteroatoms. The van der Waals surface area contributed by atoms with E-state index >= 15 is 0 Å². The van der Waals surface area contributed by atoms with Gasteiger partial charge in [0.15, 0.2) is 0 Å². The van der Waals surface area contributed by atoms with Crippen LogP contribution in [0.2, 0.25) is 0 Å². The highest BCUT2D eigenvalue weighted by molar-refractivity contribution is 9.10. The van der Waals surface area contributed by atoms with Crippen molar-refractivity contribution in [2.24, 2.45) is 0 Å². The molecule has 620 valence electrons. The molecule has 0 aliphatic heterocycles. The fourth-order valence-corrected chi connectivity index (χ4v) is 21.2. The zero-order valence-corrected chi connectivity index (χ0v) is 73.2. The van der Waals surface area contributed by atoms with Crippen molar-refractivity contribution in [3.8, 4) is 78.1 Å². The van der Waals surface area contributed by atoms with Gasteiger partial charge in [-0.2, -0.15) is 0 Å². The Morgan fingerprint density at radius 2 is 0.638 bits per heavy atom. The van der Waals surface area contributed by atoms with Gasteiger partial charge >= 0.3 is 0 Å². The number of anilines is 5. The minimum atomic E-state index is -0.0712. The maximum Gasteiger partial charge on any atom is 0.137 e. The molecule has 24 aromatic rings. The highest BCUT2D eigenvalue weighted by atomic mass is 79.9. The van der Waals surface area contributed by atoms with Crippen molar-refractivity contribution in [1.82, 2.24) is 9.13 Å². The standard InChI is InChI=1S/C61H42N2O.C36H22BrNO.C25H21N.CH4/c1-61(2)54-22-9-5-19-48(54)52-37-45(30-32-55(52)61)62(44-28-26-39-14-3-4-15-41(39)35-44)56-23-10-6-18-47(56)43-17-13-16-40(34-43)42-27-33-58-53(36-42)49-20-7-11-24-57(49)63(58)46-29-31-51-50-21-8-12-25-59(50)64-60(51)38-46;37-32-13-4-1-10-27(32)25-9-7-8-23(20-25)24-16-19-34-31(21-24)28-11-2-5-14-33(28)38(34)26-17-18-30-29-12-3-6-15-35(29)39-36(30)22-26;1-25(2)23-10-6-5-9-21(23)22-16-20(13-14-24(22)25)26-19-12-11-17-7-3-4-8-18(17)15-19;/h3-38H,1-2H3;1-22H;3-16,26H,1-2H3;1H4. The van der Waals surface area contributed by atoms with Crippen LogP contribution in [-0.4, -0.2) is 9.13 Å². The summed E-state index contributed by atoms with van der Waals surface area (Å²) >= 11 is 3.71. The molecule has 26 rings (SSSR count). The number of aromatic nitrogens is 2. The molecule has 4 aromatic heterocycles. The summed E-state index contributed by atoms with van der Waals surface area (Å²) in [6, 6.07) is 158. The molecule has 0 atom stereocenters. The first-order valence-electron chi connectivity index (χ1n) is 44.3. The van der Waals surface area contributed by atoms with Crippen LogP contribution in [0, 0.1) is 0 Å². The average molecular weight is 1730 g/mol. The monoisotopic (exact) mass is 1730 g/mol. The number of hydrogen-bond acceptors (Lipinski definition) is 4. The van der Waals surface area contributed by atoms with Crippen LogP contribution in [-0.2, 0) is 10.8 Å². The van der Waals surface area contributed by atoms with Crippen molar-refractivity contribution < 1.29 is 8.83 Å². The first-order valence-corrected chi connectivity index (χ1v) is 45.1. The number of fused-ring (bicyclic) bond motifs is 20. The Balaban J connectivity index is 0.000000123. The summed E-state index contributed by atoms with van der Waals surface area (Å²) in [5, 5.41) is 18.0. The van der Waals surface area contributed by atoms with Gasteiger partial charge in [0.1, 0.15) is 22.3 Å². The third-order valence-corrected chi connectivity index (χ3v) is 27.7. The molecule has 20 aromatic carbocycles. The van der Waals surface area contributed by atoms with E-state index in [2.05, 4.69) is 469 Å². The lowest BCUT2D eigenvalue weighted by Gasteiger charge is -2.29. The summed E-state index contributed by atoms with van der Waals surface area (Å²) in [5.74, 6) is 0. The van der Waals surface area contributed by atoms with E-state index in [-0.39, 0.29) is 18.3 Å². The smallest absolute Gasteiger partial charge is 0.137 e. The van der Waals surface area contributed by atoms with Crippen LogP contribution in [0.25, 0.3) is 187 Å². The van der Waals surface area contributed by atoms with Crippen LogP contribution in [0.3, 0.4) is 0 Å². The van der Waals surface area contributed by atoms with Crippen LogP contribution >= 0.6 is 15.9 Å². The van der Waals surface area contributed by atoms with Crippen LogP contribution < -0.4 is 10.2 Å². The lowest BCUT2D eigenvalue weighted by atomic mass is 9.82. The highest BCUT2D eigenvalue weighted by Gasteiger charge is 2.37. The van der Waals surface area contributed by atoms with Crippen LogP contribution in [0.1, 0.15) is 57.4 Å². The lowest BCUT2D eigenvalue weighted by Crippen LogP contribution is -2.15. The number of rotatable bonds is 11. The summed E-state index contributed by atoms with van der Waals surface area (Å²) in [7, 11) is 0. The number of nitrogens with one attached hydrogen (secondary N) is 1. The minimum Gasteiger partial charge on any atom is -0.456 e. The Morgan fingerprint density at radius 1 is 0.246 bits per heavy atom. The predicted octanol–water partition coefficient (Wildman–Crippen LogP) is 35.3. The van der Waals surface area contributed by atoms with E-state index in [9.17, 15) is 0 Å². The normalized spacial score (nSPS) is 12.7. The fraction of sp³-hybridized carbons (Fsp3) is 0.0569. The molecular weight excluding hydrogens is 1650 g/mol. The van der Waals surface area contributed by atoms with E-state index in [0.29, 0.717) is 0 Å². The van der Waals surface area contributed by atoms with Crippen molar-refractivity contribution in [2.75, 3.05) is 10.2 Å². The summed E-state index contributed by atoms with van der Waals surface area (Å²) < 4.78 is 18.4. The van der Waals surface area contributed by atoms with E-state index in [1.54, 1.807) is 0 Å². The predicted molar refractivity (Wildman–Crippen MR) is 553 cm³/mol. The van der Waals surface area contributed by atoms with Gasteiger partial charge in [0.2, 0.25) is 0 Å². The molecule has 2 aliphatic carbocycles. The Morgan fingerprint density at radius 3 is 1.22 bits per heavy atom. The van der Waals surface area contributed by atoms with Gasteiger partial charge in [0, 0.05) is 110 Å². The largest absolute Gasteiger partial charge is 0.456 e. The number of furan rings is 2. The van der Waals surface area contributed by atoms with Gasteiger partial charge in [-0.1, -0.05) is 330 Å². The number of halogens is 1. The minimum absolute atomic E-state index is 0. The Bertz CT molecular complexity index is 8670. The van der Waals surface area contributed by atoms with E-state index in [4.69, 9.17) is 8.83 Å². The second kappa shape index (κ2) is 31.6. The fourth-order valence-electron chi connectivity index (χ4n) is 20.7. The molecule has 0 spiro atoms. The zero-order valence-electron chi connectivity index (χ0n) is 71.6. The Labute approximate surface area is 763 Å². The molecule has 0 saturated heterocycles. The quantitative estimate of drug-likeness (QED) is 0.140. The summed E-state index contributed by atoms with van der Waals surface area (Å²) in [6.07, 6.45) is 0. The molecule has 0 amide bonds. The van der Waals surface area contributed by atoms with Gasteiger partial charge < -0.3 is 28.2 Å². The van der Waals surface area contributed by atoms with Gasteiger partial charge in [-0.05, 0) is 251 Å². The maximum atomic E-state index is 6.35. The zero-order chi connectivity index (χ0) is 86.2. The van der Waals surface area contributed by atoms with E-state index in [1.165, 1.54) is 138 Å². The molecule has 0 fully saturated rings. The van der Waals surface area contributed by atoms with Crippen LogP contribution in [0.5, 0.6) is 0 Å². The summed E-state index contributed by atoms with van der Waals surface area (Å²) in [6.45, 7) is 9.32. The molecule has 0 saturated carbocycles. The van der Waals surface area contributed by atoms with Gasteiger partial charge in [0.05, 0.1) is 27.8 Å². The first kappa shape index (κ1) is 78.9. The molecule has 1 N–H and O–H groups in total. The van der Waals surface area contributed by atoms with Gasteiger partial charge in [-0.25, -0.2) is 0 Å². The molecule has 6 nitrogen and oxygen atoms in total. The third-order valence-electron chi connectivity index (χ3n) is 27.1. The summed E-state index contributed by atoms with van der Waals surface area (Å²) in [5.41, 5.74) is 36.4. The number of hydrogen-bond donors (Lipinski definition) is 1. The van der Waals surface area contributed by atoms with Gasteiger partial charge in [-0.15, -0.1) is 0 Å². The number of nitrogens with zero attached hydrogens (tertiary/aromatic N) is 3. The summed E-state index contributed by atoms with van der Waals surface area (Å²) in [4.78, 5) is 2.45. The average Bonchev–Trinajstić information content (AvgIpc) is 1.58. The number of benzene rings is 20. The van der Waals surface area contributed by atoms with Gasteiger partial charge in [0.25, 0.3) is 0 Å². The van der Waals surface area contributed by atoms with Crippen molar-refractivity contribution in [2.45, 2.75) is 46.0 Å². The molecule has 2 aliphatic rings. The molecule has 4 heterocycles.